The fourth-order valence-corrected chi connectivity index (χ4v) is 3.80. The van der Waals surface area contributed by atoms with Crippen LogP contribution < -0.4 is 5.32 Å². The molecule has 1 aromatic heterocycles. The van der Waals surface area contributed by atoms with Crippen molar-refractivity contribution in [1.29, 1.82) is 0 Å². The maximum Gasteiger partial charge on any atom is 0.229 e. The molecule has 1 saturated heterocycles. The van der Waals surface area contributed by atoms with Gasteiger partial charge < -0.3 is 14.7 Å². The number of hydrogen-bond acceptors (Lipinski definition) is 5. The van der Waals surface area contributed by atoms with Crippen molar-refractivity contribution < 1.29 is 14.1 Å². The summed E-state index contributed by atoms with van der Waals surface area (Å²) in [6.07, 6.45) is 7.80. The largest absolute Gasteiger partial charge is 0.355 e. The Hall–Kier alpha value is -1.92. The van der Waals surface area contributed by atoms with E-state index < -0.39 is 0 Å². The molecule has 7 nitrogen and oxygen atoms in total. The number of aromatic nitrogens is 2. The molecule has 1 unspecified atom stereocenters. The summed E-state index contributed by atoms with van der Waals surface area (Å²) in [6.45, 7) is 1.06. The second-order valence-electron chi connectivity index (χ2n) is 7.25. The van der Waals surface area contributed by atoms with Crippen LogP contribution in [0, 0.1) is 5.92 Å². The highest BCUT2D eigenvalue weighted by molar-refractivity contribution is 5.89. The molecule has 1 atom stereocenters. The summed E-state index contributed by atoms with van der Waals surface area (Å²) in [5.41, 5.74) is 0. The number of likely N-dealkylation sites (tertiary alicyclic amines) is 1. The van der Waals surface area contributed by atoms with Gasteiger partial charge >= 0.3 is 0 Å². The third-order valence-corrected chi connectivity index (χ3v) is 5.35. The molecule has 3 fully saturated rings. The number of carbonyl (C=O) groups is 2. The first kappa shape index (κ1) is 15.6. The van der Waals surface area contributed by atoms with Crippen LogP contribution in [-0.4, -0.2) is 46.0 Å². The van der Waals surface area contributed by atoms with Crippen molar-refractivity contribution in [2.45, 2.75) is 63.3 Å². The molecule has 2 amide bonds. The summed E-state index contributed by atoms with van der Waals surface area (Å²) in [5, 5.41) is 6.92. The molecule has 1 aromatic rings. The molecule has 2 aliphatic carbocycles. The monoisotopic (exact) mass is 332 g/mol. The van der Waals surface area contributed by atoms with Gasteiger partial charge in [0.1, 0.15) is 0 Å². The van der Waals surface area contributed by atoms with Crippen LogP contribution in [0.4, 0.5) is 0 Å². The molecular weight excluding hydrogens is 308 g/mol. The normalized spacial score (nSPS) is 24.8. The van der Waals surface area contributed by atoms with E-state index in [0.717, 1.165) is 31.6 Å². The lowest BCUT2D eigenvalue weighted by Gasteiger charge is -2.15. The molecular formula is C17H24N4O3. The number of nitrogens with one attached hydrogen (secondary N) is 1. The van der Waals surface area contributed by atoms with Crippen molar-refractivity contribution in [3.63, 3.8) is 0 Å². The van der Waals surface area contributed by atoms with Gasteiger partial charge in [0.15, 0.2) is 5.82 Å². The molecule has 2 heterocycles. The smallest absolute Gasteiger partial charge is 0.229 e. The van der Waals surface area contributed by atoms with E-state index in [2.05, 4.69) is 15.5 Å². The minimum absolute atomic E-state index is 0.0361. The Morgan fingerprint density at radius 3 is 2.79 bits per heavy atom. The minimum atomic E-state index is -0.211. The highest BCUT2D eigenvalue weighted by Crippen LogP contribution is 2.33. The quantitative estimate of drug-likeness (QED) is 0.850. The first-order chi connectivity index (χ1) is 11.7. The average Bonchev–Trinajstić information content (AvgIpc) is 2.99. The van der Waals surface area contributed by atoms with Gasteiger partial charge in [-0.1, -0.05) is 18.0 Å². The topological polar surface area (TPSA) is 88.3 Å². The Kier molecular flexibility index (Phi) is 4.24. The standard InChI is InChI=1S/C17H24N4O3/c22-15-9-12(10-21(15)13-5-6-13)16(23)18-8-7-14-19-17(24-20-14)11-3-1-2-4-11/h11-13H,1-10H2,(H,18,23). The van der Waals surface area contributed by atoms with Gasteiger partial charge in [0, 0.05) is 37.9 Å². The fraction of sp³-hybridized carbons (Fsp3) is 0.765. The van der Waals surface area contributed by atoms with E-state index in [0.29, 0.717) is 43.7 Å². The van der Waals surface area contributed by atoms with E-state index in [1.165, 1.54) is 12.8 Å². The number of carbonyl (C=O) groups excluding carboxylic acids is 2. The lowest BCUT2D eigenvalue weighted by atomic mass is 10.1. The maximum absolute atomic E-state index is 12.2. The van der Waals surface area contributed by atoms with E-state index in [4.69, 9.17) is 4.52 Å². The van der Waals surface area contributed by atoms with Gasteiger partial charge in [-0.3, -0.25) is 9.59 Å². The zero-order valence-corrected chi connectivity index (χ0v) is 13.9. The van der Waals surface area contributed by atoms with Crippen LogP contribution in [0.5, 0.6) is 0 Å². The molecule has 0 spiro atoms. The minimum Gasteiger partial charge on any atom is -0.355 e. The number of amides is 2. The molecule has 0 aromatic carbocycles. The third kappa shape index (κ3) is 3.30. The molecule has 0 radical (unpaired) electrons. The lowest BCUT2D eigenvalue weighted by molar-refractivity contribution is -0.129. The Morgan fingerprint density at radius 2 is 2.04 bits per heavy atom. The van der Waals surface area contributed by atoms with Gasteiger partial charge in [0.25, 0.3) is 0 Å². The van der Waals surface area contributed by atoms with Gasteiger partial charge in [-0.15, -0.1) is 0 Å². The van der Waals surface area contributed by atoms with Gasteiger partial charge in [-0.25, -0.2) is 0 Å². The summed E-state index contributed by atoms with van der Waals surface area (Å²) in [5.74, 6) is 1.69. The zero-order chi connectivity index (χ0) is 16.5. The first-order valence-electron chi connectivity index (χ1n) is 9.10. The molecule has 3 aliphatic rings. The number of hydrogen-bond donors (Lipinski definition) is 1. The van der Waals surface area contributed by atoms with Crippen LogP contribution in [0.25, 0.3) is 0 Å². The fourth-order valence-electron chi connectivity index (χ4n) is 3.80. The summed E-state index contributed by atoms with van der Waals surface area (Å²) >= 11 is 0. The highest BCUT2D eigenvalue weighted by Gasteiger charge is 2.41. The third-order valence-electron chi connectivity index (χ3n) is 5.35. The van der Waals surface area contributed by atoms with Crippen molar-refractivity contribution >= 4 is 11.8 Å². The van der Waals surface area contributed by atoms with Crippen LogP contribution in [0.1, 0.15) is 62.6 Å². The molecule has 24 heavy (non-hydrogen) atoms. The van der Waals surface area contributed by atoms with E-state index >= 15 is 0 Å². The average molecular weight is 332 g/mol. The van der Waals surface area contributed by atoms with Crippen LogP contribution in [0.2, 0.25) is 0 Å². The maximum atomic E-state index is 12.2. The molecule has 0 bridgehead atoms. The van der Waals surface area contributed by atoms with Crippen LogP contribution in [0.3, 0.4) is 0 Å². The molecule has 130 valence electrons. The first-order valence-corrected chi connectivity index (χ1v) is 9.10. The predicted octanol–water partition coefficient (Wildman–Crippen LogP) is 1.40. The van der Waals surface area contributed by atoms with E-state index in [-0.39, 0.29) is 17.7 Å². The van der Waals surface area contributed by atoms with Gasteiger partial charge in [-0.2, -0.15) is 4.98 Å². The van der Waals surface area contributed by atoms with Crippen LogP contribution in [-0.2, 0) is 16.0 Å². The number of rotatable bonds is 6. The Balaban J connectivity index is 1.22. The molecule has 1 N–H and O–H groups in total. The van der Waals surface area contributed by atoms with E-state index in [1.807, 2.05) is 4.90 Å². The second-order valence-corrected chi connectivity index (χ2v) is 7.25. The summed E-state index contributed by atoms with van der Waals surface area (Å²) < 4.78 is 5.34. The Labute approximate surface area is 141 Å². The van der Waals surface area contributed by atoms with Crippen molar-refractivity contribution in [3.05, 3.63) is 11.7 Å². The van der Waals surface area contributed by atoms with Crippen molar-refractivity contribution in [3.8, 4) is 0 Å². The Bertz CT molecular complexity index is 619. The van der Waals surface area contributed by atoms with E-state index in [1.54, 1.807) is 0 Å². The van der Waals surface area contributed by atoms with Crippen molar-refractivity contribution in [2.24, 2.45) is 5.92 Å². The highest BCUT2D eigenvalue weighted by atomic mass is 16.5. The zero-order valence-electron chi connectivity index (χ0n) is 13.9. The van der Waals surface area contributed by atoms with Gasteiger partial charge in [0.05, 0.1) is 5.92 Å². The van der Waals surface area contributed by atoms with Crippen molar-refractivity contribution in [1.82, 2.24) is 20.4 Å². The summed E-state index contributed by atoms with van der Waals surface area (Å²) in [4.78, 5) is 30.5. The molecule has 2 saturated carbocycles. The molecule has 4 rings (SSSR count). The van der Waals surface area contributed by atoms with E-state index in [9.17, 15) is 9.59 Å². The second kappa shape index (κ2) is 6.53. The summed E-state index contributed by atoms with van der Waals surface area (Å²) in [6, 6.07) is 0.392. The van der Waals surface area contributed by atoms with Crippen molar-refractivity contribution in [2.75, 3.05) is 13.1 Å². The van der Waals surface area contributed by atoms with Crippen LogP contribution in [0.15, 0.2) is 4.52 Å². The lowest BCUT2D eigenvalue weighted by Crippen LogP contribution is -2.34. The molecule has 1 aliphatic heterocycles. The Morgan fingerprint density at radius 1 is 1.25 bits per heavy atom. The van der Waals surface area contributed by atoms with Gasteiger partial charge in [0.2, 0.25) is 17.7 Å². The van der Waals surface area contributed by atoms with Crippen LogP contribution >= 0.6 is 0 Å². The summed E-state index contributed by atoms with van der Waals surface area (Å²) in [7, 11) is 0. The molecule has 7 heteroatoms. The van der Waals surface area contributed by atoms with Gasteiger partial charge in [-0.05, 0) is 25.7 Å². The number of nitrogens with zero attached hydrogens (tertiary/aromatic N) is 3. The SMILES string of the molecule is O=C(NCCc1noc(C2CCCC2)n1)C1CC(=O)N(C2CC2)C1. The predicted molar refractivity (Wildman–Crippen MR) is 85.1 cm³/mol.